The molecule has 2 atom stereocenters. The zero-order chi connectivity index (χ0) is 15.4. The minimum Gasteiger partial charge on any atom is -0.329 e. The molecule has 1 saturated heterocycles. The van der Waals surface area contributed by atoms with Crippen molar-refractivity contribution in [2.24, 2.45) is 5.73 Å². The Balaban J connectivity index is 2.11. The van der Waals surface area contributed by atoms with E-state index in [4.69, 9.17) is 5.73 Å². The fourth-order valence-corrected chi connectivity index (χ4v) is 3.29. The Morgan fingerprint density at radius 1 is 1.19 bits per heavy atom. The molecular formula is C18H31N3. The third-order valence-corrected chi connectivity index (χ3v) is 4.81. The molecule has 21 heavy (non-hydrogen) atoms. The van der Waals surface area contributed by atoms with Crippen molar-refractivity contribution in [2.45, 2.75) is 44.7 Å². The number of nitrogens with two attached hydrogens (primary N) is 1. The van der Waals surface area contributed by atoms with Crippen LogP contribution >= 0.6 is 0 Å². The molecule has 1 aromatic rings. The van der Waals surface area contributed by atoms with E-state index >= 15 is 0 Å². The van der Waals surface area contributed by atoms with Gasteiger partial charge in [-0.1, -0.05) is 38.1 Å². The molecule has 0 aromatic heterocycles. The average Bonchev–Trinajstić information content (AvgIpc) is 2.49. The van der Waals surface area contributed by atoms with E-state index in [9.17, 15) is 0 Å². The van der Waals surface area contributed by atoms with Crippen LogP contribution in [0.3, 0.4) is 0 Å². The Morgan fingerprint density at radius 2 is 1.81 bits per heavy atom. The SMILES string of the molecule is CC(C)c1ccc(C(CN)N2CCCC(N(C)C)C2)cc1. The number of likely N-dealkylation sites (tertiary alicyclic amines) is 1. The summed E-state index contributed by atoms with van der Waals surface area (Å²) in [6.45, 7) is 7.46. The molecule has 0 bridgehead atoms. The number of nitrogens with zero attached hydrogens (tertiary/aromatic N) is 2. The summed E-state index contributed by atoms with van der Waals surface area (Å²) in [4.78, 5) is 4.92. The largest absolute Gasteiger partial charge is 0.329 e. The van der Waals surface area contributed by atoms with Crippen LogP contribution in [-0.4, -0.2) is 49.6 Å². The van der Waals surface area contributed by atoms with Gasteiger partial charge in [0.2, 0.25) is 0 Å². The normalized spacial score (nSPS) is 22.0. The second-order valence-corrected chi connectivity index (χ2v) is 6.83. The van der Waals surface area contributed by atoms with Crippen LogP contribution in [0.2, 0.25) is 0 Å². The molecule has 0 spiro atoms. The highest BCUT2D eigenvalue weighted by Gasteiger charge is 2.27. The third kappa shape index (κ3) is 4.06. The van der Waals surface area contributed by atoms with E-state index in [0.717, 1.165) is 13.1 Å². The molecule has 0 amide bonds. The lowest BCUT2D eigenvalue weighted by Gasteiger charge is -2.40. The summed E-state index contributed by atoms with van der Waals surface area (Å²) in [5.74, 6) is 0.587. The fraction of sp³-hybridized carbons (Fsp3) is 0.667. The van der Waals surface area contributed by atoms with E-state index in [-0.39, 0.29) is 0 Å². The van der Waals surface area contributed by atoms with Crippen LogP contribution in [0, 0.1) is 0 Å². The summed E-state index contributed by atoms with van der Waals surface area (Å²) >= 11 is 0. The fourth-order valence-electron chi connectivity index (χ4n) is 3.29. The van der Waals surface area contributed by atoms with Gasteiger partial charge in [0.1, 0.15) is 0 Å². The summed E-state index contributed by atoms with van der Waals surface area (Å²) in [5.41, 5.74) is 8.86. The van der Waals surface area contributed by atoms with Gasteiger partial charge in [0.15, 0.2) is 0 Å². The second-order valence-electron chi connectivity index (χ2n) is 6.83. The van der Waals surface area contributed by atoms with Gasteiger partial charge in [0.05, 0.1) is 0 Å². The first-order valence-electron chi connectivity index (χ1n) is 8.23. The Kier molecular flexibility index (Phi) is 5.80. The van der Waals surface area contributed by atoms with Crippen LogP contribution in [0.15, 0.2) is 24.3 Å². The Morgan fingerprint density at radius 3 is 2.33 bits per heavy atom. The lowest BCUT2D eigenvalue weighted by atomic mass is 9.96. The van der Waals surface area contributed by atoms with Crippen molar-refractivity contribution in [2.75, 3.05) is 33.7 Å². The lowest BCUT2D eigenvalue weighted by molar-refractivity contribution is 0.0984. The van der Waals surface area contributed by atoms with Crippen molar-refractivity contribution in [3.05, 3.63) is 35.4 Å². The van der Waals surface area contributed by atoms with Crippen molar-refractivity contribution < 1.29 is 0 Å². The molecule has 1 aliphatic rings. The van der Waals surface area contributed by atoms with Crippen LogP contribution in [0.1, 0.15) is 49.8 Å². The zero-order valence-corrected chi connectivity index (χ0v) is 14.0. The van der Waals surface area contributed by atoms with Crippen LogP contribution in [0.25, 0.3) is 0 Å². The van der Waals surface area contributed by atoms with E-state index in [0.29, 0.717) is 24.5 Å². The van der Waals surface area contributed by atoms with E-state index in [2.05, 4.69) is 62.0 Å². The van der Waals surface area contributed by atoms with E-state index in [1.807, 2.05) is 0 Å². The smallest absolute Gasteiger partial charge is 0.0471 e. The van der Waals surface area contributed by atoms with Gasteiger partial charge < -0.3 is 10.6 Å². The van der Waals surface area contributed by atoms with Crippen LogP contribution in [-0.2, 0) is 0 Å². The van der Waals surface area contributed by atoms with Crippen LogP contribution < -0.4 is 5.73 Å². The summed E-state index contributed by atoms with van der Waals surface area (Å²) in [6.07, 6.45) is 2.57. The number of hydrogen-bond acceptors (Lipinski definition) is 3. The molecule has 2 unspecified atom stereocenters. The molecule has 0 aliphatic carbocycles. The topological polar surface area (TPSA) is 32.5 Å². The van der Waals surface area contributed by atoms with Gasteiger partial charge in [-0.3, -0.25) is 4.90 Å². The van der Waals surface area contributed by atoms with Gasteiger partial charge >= 0.3 is 0 Å². The molecule has 118 valence electrons. The Hall–Kier alpha value is -0.900. The molecule has 2 N–H and O–H groups in total. The van der Waals surface area contributed by atoms with E-state index < -0.39 is 0 Å². The molecule has 1 fully saturated rings. The maximum Gasteiger partial charge on any atom is 0.0471 e. The van der Waals surface area contributed by atoms with Crippen molar-refractivity contribution in [1.82, 2.24) is 9.80 Å². The molecular weight excluding hydrogens is 258 g/mol. The monoisotopic (exact) mass is 289 g/mol. The molecule has 0 radical (unpaired) electrons. The number of rotatable bonds is 5. The first-order chi connectivity index (χ1) is 10.0. The first-order valence-corrected chi connectivity index (χ1v) is 8.23. The van der Waals surface area contributed by atoms with Gasteiger partial charge in [-0.2, -0.15) is 0 Å². The molecule has 1 aliphatic heterocycles. The molecule has 2 rings (SSSR count). The highest BCUT2D eigenvalue weighted by Crippen LogP contribution is 2.26. The van der Waals surface area contributed by atoms with Crippen molar-refractivity contribution in [3.63, 3.8) is 0 Å². The predicted molar refractivity (Wildman–Crippen MR) is 90.6 cm³/mol. The number of hydrogen-bond donors (Lipinski definition) is 1. The van der Waals surface area contributed by atoms with Crippen molar-refractivity contribution in [3.8, 4) is 0 Å². The summed E-state index contributed by atoms with van der Waals surface area (Å²) in [7, 11) is 4.37. The van der Waals surface area contributed by atoms with Crippen LogP contribution in [0.5, 0.6) is 0 Å². The summed E-state index contributed by atoms with van der Waals surface area (Å²) < 4.78 is 0. The third-order valence-electron chi connectivity index (χ3n) is 4.81. The number of piperidine rings is 1. The summed E-state index contributed by atoms with van der Waals surface area (Å²) in [6, 6.07) is 10.1. The molecule has 3 nitrogen and oxygen atoms in total. The standard InChI is InChI=1S/C18H31N3/c1-14(2)15-7-9-16(10-8-15)18(12-19)21-11-5-6-17(13-21)20(3)4/h7-10,14,17-18H,5-6,11-13,19H2,1-4H3. The van der Waals surface area contributed by atoms with Crippen molar-refractivity contribution in [1.29, 1.82) is 0 Å². The van der Waals surface area contributed by atoms with E-state index in [1.165, 1.54) is 24.0 Å². The first kappa shape index (κ1) is 16.5. The van der Waals surface area contributed by atoms with Crippen molar-refractivity contribution >= 4 is 0 Å². The van der Waals surface area contributed by atoms with Gasteiger partial charge in [-0.25, -0.2) is 0 Å². The molecule has 3 heteroatoms. The highest BCUT2D eigenvalue weighted by atomic mass is 15.2. The second kappa shape index (κ2) is 7.39. The predicted octanol–water partition coefficient (Wildman–Crippen LogP) is 2.84. The van der Waals surface area contributed by atoms with Crippen LogP contribution in [0.4, 0.5) is 0 Å². The highest BCUT2D eigenvalue weighted by molar-refractivity contribution is 5.27. The van der Waals surface area contributed by atoms with Gasteiger partial charge in [0.25, 0.3) is 0 Å². The van der Waals surface area contributed by atoms with Gasteiger partial charge in [-0.05, 0) is 50.5 Å². The molecule has 1 heterocycles. The minimum absolute atomic E-state index is 0.356. The summed E-state index contributed by atoms with van der Waals surface area (Å²) in [5, 5.41) is 0. The number of benzene rings is 1. The quantitative estimate of drug-likeness (QED) is 0.904. The molecule has 0 saturated carbocycles. The van der Waals surface area contributed by atoms with Gasteiger partial charge in [0, 0.05) is 25.2 Å². The van der Waals surface area contributed by atoms with E-state index in [1.54, 1.807) is 0 Å². The Bertz CT molecular complexity index is 425. The minimum atomic E-state index is 0.356. The van der Waals surface area contributed by atoms with Gasteiger partial charge in [-0.15, -0.1) is 0 Å². The Labute approximate surface area is 130 Å². The lowest BCUT2D eigenvalue weighted by Crippen LogP contribution is -2.47. The number of likely N-dealkylation sites (N-methyl/N-ethyl adjacent to an activating group) is 1. The average molecular weight is 289 g/mol. The molecule has 1 aromatic carbocycles. The maximum atomic E-state index is 6.10. The maximum absolute atomic E-state index is 6.10. The zero-order valence-electron chi connectivity index (χ0n) is 14.0.